The van der Waals surface area contributed by atoms with E-state index >= 15 is 0 Å². The summed E-state index contributed by atoms with van der Waals surface area (Å²) in [6.45, 7) is 2.75. The minimum Gasteiger partial charge on any atom is -0.290 e. The average Bonchev–Trinajstić information content (AvgIpc) is 2.85. The van der Waals surface area contributed by atoms with Crippen molar-refractivity contribution < 1.29 is 9.72 Å². The van der Waals surface area contributed by atoms with Crippen molar-refractivity contribution in [1.29, 1.82) is 0 Å². The number of nitro benzene ring substituents is 1. The van der Waals surface area contributed by atoms with Gasteiger partial charge in [-0.2, -0.15) is 0 Å². The Morgan fingerprint density at radius 2 is 2.37 bits per heavy atom. The fourth-order valence-corrected chi connectivity index (χ4v) is 2.78. The molecule has 0 bridgehead atoms. The van der Waals surface area contributed by atoms with Gasteiger partial charge in [0.1, 0.15) is 0 Å². The Balaban J connectivity index is 2.01. The van der Waals surface area contributed by atoms with Crippen molar-refractivity contribution in [3.8, 4) is 0 Å². The van der Waals surface area contributed by atoms with Crippen molar-refractivity contribution in [3.63, 3.8) is 0 Å². The van der Waals surface area contributed by atoms with Crippen molar-refractivity contribution in [2.45, 2.75) is 12.7 Å². The van der Waals surface area contributed by atoms with E-state index in [-0.39, 0.29) is 11.6 Å². The molecule has 1 aromatic rings. The molecule has 1 aliphatic rings. The second-order valence-electron chi connectivity index (χ2n) is 4.05. The van der Waals surface area contributed by atoms with E-state index < -0.39 is 4.92 Å². The smallest absolute Gasteiger partial charge is 0.269 e. The zero-order valence-electron chi connectivity index (χ0n) is 10.4. The first-order valence-electron chi connectivity index (χ1n) is 5.76. The third-order valence-electron chi connectivity index (χ3n) is 2.67. The monoisotopic (exact) mass is 279 g/mol. The number of non-ortho nitro benzene ring substituents is 1. The summed E-state index contributed by atoms with van der Waals surface area (Å²) in [7, 11) is 0. The topological polar surface area (TPSA) is 75.8 Å². The standard InChI is InChI=1S/C12H13N3O3S/c1-9(16)14-6-5-13-12(14)19-8-10-3-2-4-11(7-10)15(17)18/h2-4,7H,5-6,8H2,1H3. The molecule has 0 unspecified atom stereocenters. The zero-order valence-corrected chi connectivity index (χ0v) is 11.2. The molecular formula is C12H13N3O3S. The molecule has 0 spiro atoms. The number of carbonyl (C=O) groups is 1. The van der Waals surface area contributed by atoms with Gasteiger partial charge in [0.25, 0.3) is 5.69 Å². The summed E-state index contributed by atoms with van der Waals surface area (Å²) in [5.41, 5.74) is 0.923. The molecule has 2 rings (SSSR count). The van der Waals surface area contributed by atoms with Gasteiger partial charge in [-0.3, -0.25) is 24.8 Å². The number of aliphatic imine (C=N–C) groups is 1. The van der Waals surface area contributed by atoms with Gasteiger partial charge in [0, 0.05) is 31.4 Å². The number of rotatable bonds is 3. The lowest BCUT2D eigenvalue weighted by molar-refractivity contribution is -0.384. The summed E-state index contributed by atoms with van der Waals surface area (Å²) in [6.07, 6.45) is 0. The van der Waals surface area contributed by atoms with Crippen LogP contribution in [0.4, 0.5) is 5.69 Å². The van der Waals surface area contributed by atoms with Gasteiger partial charge in [0.2, 0.25) is 5.91 Å². The molecule has 1 aliphatic heterocycles. The summed E-state index contributed by atoms with van der Waals surface area (Å²) in [5, 5.41) is 11.4. The van der Waals surface area contributed by atoms with Crippen molar-refractivity contribution in [2.24, 2.45) is 4.99 Å². The predicted molar refractivity (Wildman–Crippen MR) is 74.1 cm³/mol. The number of nitrogens with zero attached hydrogens (tertiary/aromatic N) is 3. The van der Waals surface area contributed by atoms with Gasteiger partial charge in [0.05, 0.1) is 11.5 Å². The van der Waals surface area contributed by atoms with Crippen LogP contribution in [-0.4, -0.2) is 34.0 Å². The van der Waals surface area contributed by atoms with Crippen molar-refractivity contribution in [1.82, 2.24) is 4.90 Å². The normalized spacial score (nSPS) is 14.4. The highest BCUT2D eigenvalue weighted by atomic mass is 32.2. The van der Waals surface area contributed by atoms with E-state index in [9.17, 15) is 14.9 Å². The third kappa shape index (κ3) is 3.31. The van der Waals surface area contributed by atoms with Gasteiger partial charge in [-0.05, 0) is 5.56 Å². The average molecular weight is 279 g/mol. The first-order valence-corrected chi connectivity index (χ1v) is 6.75. The van der Waals surface area contributed by atoms with Crippen LogP contribution in [0.25, 0.3) is 0 Å². The Kier molecular flexibility index (Phi) is 4.16. The fraction of sp³-hybridized carbons (Fsp3) is 0.333. The van der Waals surface area contributed by atoms with Gasteiger partial charge in [0.15, 0.2) is 5.17 Å². The molecule has 7 heteroatoms. The number of amides is 1. The summed E-state index contributed by atoms with van der Waals surface area (Å²) in [6, 6.07) is 6.49. The molecule has 0 fully saturated rings. The van der Waals surface area contributed by atoms with Crippen molar-refractivity contribution >= 4 is 28.5 Å². The Morgan fingerprint density at radius 1 is 1.58 bits per heavy atom. The van der Waals surface area contributed by atoms with Crippen LogP contribution >= 0.6 is 11.8 Å². The number of nitro groups is 1. The zero-order chi connectivity index (χ0) is 13.8. The van der Waals surface area contributed by atoms with Crippen molar-refractivity contribution in [2.75, 3.05) is 13.1 Å². The maximum atomic E-state index is 11.4. The van der Waals surface area contributed by atoms with Gasteiger partial charge in [-0.1, -0.05) is 23.9 Å². The molecule has 0 saturated carbocycles. The molecular weight excluding hydrogens is 266 g/mol. The highest BCUT2D eigenvalue weighted by Crippen LogP contribution is 2.22. The molecule has 0 N–H and O–H groups in total. The predicted octanol–water partition coefficient (Wildman–Crippen LogP) is 2.05. The van der Waals surface area contributed by atoms with Gasteiger partial charge in [-0.15, -0.1) is 0 Å². The van der Waals surface area contributed by atoms with Crippen LogP contribution in [0.15, 0.2) is 29.3 Å². The summed E-state index contributed by atoms with van der Waals surface area (Å²) in [5.74, 6) is 0.535. The summed E-state index contributed by atoms with van der Waals surface area (Å²) in [4.78, 5) is 27.5. The Morgan fingerprint density at radius 3 is 3.05 bits per heavy atom. The lowest BCUT2D eigenvalue weighted by Gasteiger charge is -2.15. The number of hydrogen-bond acceptors (Lipinski definition) is 5. The Labute approximate surface area is 114 Å². The largest absolute Gasteiger partial charge is 0.290 e. The van der Waals surface area contributed by atoms with Gasteiger partial charge in [-0.25, -0.2) is 0 Å². The summed E-state index contributed by atoms with van der Waals surface area (Å²) >= 11 is 1.43. The maximum Gasteiger partial charge on any atom is 0.269 e. The van der Waals surface area contributed by atoms with Crippen LogP contribution in [0.3, 0.4) is 0 Å². The second-order valence-corrected chi connectivity index (χ2v) is 4.99. The molecule has 0 atom stereocenters. The molecule has 0 aromatic heterocycles. The number of carbonyl (C=O) groups excluding carboxylic acids is 1. The Bertz CT molecular complexity index is 545. The molecule has 6 nitrogen and oxygen atoms in total. The highest BCUT2D eigenvalue weighted by molar-refractivity contribution is 8.13. The van der Waals surface area contributed by atoms with E-state index in [0.717, 1.165) is 5.56 Å². The molecule has 0 aliphatic carbocycles. The number of thioether (sulfide) groups is 1. The number of hydrogen-bond donors (Lipinski definition) is 0. The fourth-order valence-electron chi connectivity index (χ4n) is 1.75. The Hall–Kier alpha value is -1.89. The first kappa shape index (κ1) is 13.5. The van der Waals surface area contributed by atoms with Crippen LogP contribution in [0.1, 0.15) is 12.5 Å². The van der Waals surface area contributed by atoms with E-state index in [1.807, 2.05) is 6.07 Å². The van der Waals surface area contributed by atoms with E-state index in [1.165, 1.54) is 24.8 Å². The van der Waals surface area contributed by atoms with Crippen LogP contribution in [0.5, 0.6) is 0 Å². The second kappa shape index (κ2) is 5.83. The third-order valence-corrected chi connectivity index (χ3v) is 3.76. The molecule has 100 valence electrons. The summed E-state index contributed by atoms with van der Waals surface area (Å²) < 4.78 is 0. The van der Waals surface area contributed by atoms with Crippen molar-refractivity contribution in [3.05, 3.63) is 39.9 Å². The molecule has 0 saturated heterocycles. The highest BCUT2D eigenvalue weighted by Gasteiger charge is 2.20. The van der Waals surface area contributed by atoms with Gasteiger partial charge >= 0.3 is 0 Å². The van der Waals surface area contributed by atoms with Gasteiger partial charge < -0.3 is 0 Å². The van der Waals surface area contributed by atoms with Crippen LogP contribution in [0.2, 0.25) is 0 Å². The lowest BCUT2D eigenvalue weighted by atomic mass is 10.2. The minimum absolute atomic E-state index is 0.0252. The SMILES string of the molecule is CC(=O)N1CCN=C1SCc1cccc([N+](=O)[O-])c1. The van der Waals surface area contributed by atoms with Crippen LogP contribution < -0.4 is 0 Å². The molecule has 19 heavy (non-hydrogen) atoms. The first-order chi connectivity index (χ1) is 9.08. The molecule has 1 aromatic carbocycles. The maximum absolute atomic E-state index is 11.4. The number of benzene rings is 1. The van der Waals surface area contributed by atoms with E-state index in [4.69, 9.17) is 0 Å². The molecule has 1 heterocycles. The van der Waals surface area contributed by atoms with Crippen LogP contribution in [-0.2, 0) is 10.5 Å². The lowest BCUT2D eigenvalue weighted by Crippen LogP contribution is -2.30. The van der Waals surface area contributed by atoms with Crippen LogP contribution in [0, 0.1) is 10.1 Å². The molecule has 1 amide bonds. The van der Waals surface area contributed by atoms with E-state index in [2.05, 4.69) is 4.99 Å². The quantitative estimate of drug-likeness (QED) is 0.626. The van der Waals surface area contributed by atoms with E-state index in [0.29, 0.717) is 24.0 Å². The number of amidine groups is 1. The minimum atomic E-state index is -0.414. The van der Waals surface area contributed by atoms with E-state index in [1.54, 1.807) is 17.0 Å². The molecule has 0 radical (unpaired) electrons.